The van der Waals surface area contributed by atoms with Crippen molar-refractivity contribution in [2.75, 3.05) is 53.4 Å². The number of carbonyl (C=O) groups excluding carboxylic acids is 2. The minimum atomic E-state index is -0.274. The molecule has 0 unspecified atom stereocenters. The van der Waals surface area contributed by atoms with Crippen molar-refractivity contribution in [3.05, 3.63) is 35.9 Å². The maximum Gasteiger partial charge on any atom is 0.244 e. The Bertz CT molecular complexity index is 693. The van der Waals surface area contributed by atoms with Gasteiger partial charge < -0.3 is 15.1 Å². The Labute approximate surface area is 189 Å². The van der Waals surface area contributed by atoms with Crippen LogP contribution in [0.15, 0.2) is 30.3 Å². The lowest BCUT2D eigenvalue weighted by molar-refractivity contribution is -0.138. The summed E-state index contributed by atoms with van der Waals surface area (Å²) in [5.74, 6) is 0.328. The number of piperidine rings is 1. The van der Waals surface area contributed by atoms with Crippen LogP contribution in [0.1, 0.15) is 52.1 Å². The van der Waals surface area contributed by atoms with Crippen LogP contribution in [-0.2, 0) is 9.59 Å². The Hall–Kier alpha value is -1.92. The average Bonchev–Trinajstić information content (AvgIpc) is 2.73. The molecule has 1 aromatic carbocycles. The van der Waals surface area contributed by atoms with Gasteiger partial charge in [-0.25, -0.2) is 0 Å². The highest BCUT2D eigenvalue weighted by Crippen LogP contribution is 2.29. The molecule has 1 fully saturated rings. The highest BCUT2D eigenvalue weighted by molar-refractivity contribution is 5.83. The number of nitrogens with one attached hydrogen (secondary N) is 1. The van der Waals surface area contributed by atoms with Crippen molar-refractivity contribution in [2.45, 2.75) is 46.6 Å². The van der Waals surface area contributed by atoms with Crippen molar-refractivity contribution in [1.29, 1.82) is 0 Å². The predicted molar refractivity (Wildman–Crippen MR) is 127 cm³/mol. The largest absolute Gasteiger partial charge is 0.355 e. The first kappa shape index (κ1) is 25.3. The van der Waals surface area contributed by atoms with Gasteiger partial charge in [0, 0.05) is 32.1 Å². The van der Waals surface area contributed by atoms with Crippen LogP contribution in [0.4, 0.5) is 0 Å². The predicted octanol–water partition coefficient (Wildman–Crippen LogP) is 3.01. The van der Waals surface area contributed by atoms with E-state index in [1.54, 1.807) is 0 Å². The number of hydrogen-bond donors (Lipinski definition) is 1. The summed E-state index contributed by atoms with van der Waals surface area (Å²) in [6.07, 6.45) is 1.57. The second-order valence-electron chi connectivity index (χ2n) is 9.75. The van der Waals surface area contributed by atoms with Crippen LogP contribution in [0.2, 0.25) is 0 Å². The van der Waals surface area contributed by atoms with Gasteiger partial charge in [-0.15, -0.1) is 0 Å². The van der Waals surface area contributed by atoms with E-state index in [1.165, 1.54) is 0 Å². The van der Waals surface area contributed by atoms with E-state index in [-0.39, 0.29) is 29.2 Å². The zero-order valence-corrected chi connectivity index (χ0v) is 20.4. The van der Waals surface area contributed by atoms with Gasteiger partial charge in [-0.1, -0.05) is 44.2 Å². The Morgan fingerprint density at radius 3 is 2.19 bits per heavy atom. The summed E-state index contributed by atoms with van der Waals surface area (Å²) in [4.78, 5) is 32.4. The van der Waals surface area contributed by atoms with Crippen LogP contribution >= 0.6 is 0 Å². The third-order valence-corrected chi connectivity index (χ3v) is 6.18. The number of amides is 2. The molecule has 1 aromatic rings. The van der Waals surface area contributed by atoms with Gasteiger partial charge in [0.1, 0.15) is 6.04 Å². The first-order valence-electron chi connectivity index (χ1n) is 11.7. The fourth-order valence-corrected chi connectivity index (χ4v) is 4.66. The Kier molecular flexibility index (Phi) is 9.51. The average molecular weight is 431 g/mol. The summed E-state index contributed by atoms with van der Waals surface area (Å²) in [5.41, 5.74) is 1.07. The number of likely N-dealkylation sites (tertiary alicyclic amines) is 1. The third-order valence-electron chi connectivity index (χ3n) is 6.18. The number of likely N-dealkylation sites (N-methyl/N-ethyl adjacent to an activating group) is 1. The molecule has 1 aliphatic rings. The molecular formula is C25H42N4O2. The maximum absolute atomic E-state index is 13.3. The van der Waals surface area contributed by atoms with Crippen molar-refractivity contribution in [1.82, 2.24) is 20.0 Å². The number of hydrogen-bond acceptors (Lipinski definition) is 4. The monoisotopic (exact) mass is 430 g/mol. The summed E-state index contributed by atoms with van der Waals surface area (Å²) in [7, 11) is 4.11. The molecule has 0 saturated carbocycles. The molecule has 0 aliphatic carbocycles. The zero-order valence-electron chi connectivity index (χ0n) is 20.4. The quantitative estimate of drug-likeness (QED) is 0.620. The standard InChI is InChI=1S/C25H42N4O2/c1-7-28(8-2)24(31)22(20-12-10-9-11-13-20)29-16-14-21(15-17-29)23(30)26-18-25(3,4)19-27(5)6/h9-13,21-22H,7-8,14-19H2,1-6H3,(H,26,30)/t22-/m1/s1. The highest BCUT2D eigenvalue weighted by atomic mass is 16.2. The molecule has 0 bridgehead atoms. The van der Waals surface area contributed by atoms with Crippen molar-refractivity contribution in [3.63, 3.8) is 0 Å². The second kappa shape index (κ2) is 11.6. The minimum absolute atomic E-state index is 0.0198. The number of nitrogens with zero attached hydrogens (tertiary/aromatic N) is 3. The van der Waals surface area contributed by atoms with Crippen molar-refractivity contribution in [2.24, 2.45) is 11.3 Å². The van der Waals surface area contributed by atoms with Gasteiger partial charge in [0.15, 0.2) is 0 Å². The van der Waals surface area contributed by atoms with E-state index in [1.807, 2.05) is 49.1 Å². The molecule has 6 nitrogen and oxygen atoms in total. The lowest BCUT2D eigenvalue weighted by atomic mass is 9.90. The Balaban J connectivity index is 2.00. The van der Waals surface area contributed by atoms with E-state index >= 15 is 0 Å². The molecule has 6 heteroatoms. The van der Waals surface area contributed by atoms with Crippen LogP contribution in [0.3, 0.4) is 0 Å². The number of rotatable bonds is 10. The summed E-state index contributed by atoms with van der Waals surface area (Å²) in [6, 6.07) is 9.77. The van der Waals surface area contributed by atoms with Crippen molar-refractivity contribution < 1.29 is 9.59 Å². The molecule has 1 N–H and O–H groups in total. The molecule has 1 atom stereocenters. The lowest BCUT2D eigenvalue weighted by Crippen LogP contribution is -2.48. The summed E-state index contributed by atoms with van der Waals surface area (Å²) < 4.78 is 0. The molecule has 0 aromatic heterocycles. The molecule has 1 heterocycles. The van der Waals surface area contributed by atoms with E-state index in [4.69, 9.17) is 0 Å². The topological polar surface area (TPSA) is 55.9 Å². The fraction of sp³-hybridized carbons (Fsp3) is 0.680. The first-order valence-corrected chi connectivity index (χ1v) is 11.7. The van der Waals surface area contributed by atoms with E-state index in [0.717, 1.165) is 38.0 Å². The van der Waals surface area contributed by atoms with Gasteiger partial charge in [-0.3, -0.25) is 14.5 Å². The number of benzene rings is 1. The molecular weight excluding hydrogens is 388 g/mol. The van der Waals surface area contributed by atoms with Crippen molar-refractivity contribution >= 4 is 11.8 Å². The maximum atomic E-state index is 13.3. The van der Waals surface area contributed by atoms with E-state index < -0.39 is 0 Å². The Morgan fingerprint density at radius 1 is 1.10 bits per heavy atom. The molecule has 174 valence electrons. The molecule has 0 spiro atoms. The lowest BCUT2D eigenvalue weighted by Gasteiger charge is -2.38. The zero-order chi connectivity index (χ0) is 23.0. The summed E-state index contributed by atoms with van der Waals surface area (Å²) in [5, 5.41) is 3.17. The van der Waals surface area contributed by atoms with Crippen LogP contribution in [0.5, 0.6) is 0 Å². The van der Waals surface area contributed by atoms with Gasteiger partial charge in [-0.2, -0.15) is 0 Å². The van der Waals surface area contributed by atoms with Gasteiger partial charge in [0.2, 0.25) is 11.8 Å². The molecule has 2 amide bonds. The third kappa shape index (κ3) is 7.32. The van der Waals surface area contributed by atoms with Gasteiger partial charge in [-0.05, 0) is 64.9 Å². The highest BCUT2D eigenvalue weighted by Gasteiger charge is 2.35. The molecule has 1 aliphatic heterocycles. The smallest absolute Gasteiger partial charge is 0.244 e. The molecule has 0 radical (unpaired) electrons. The first-order chi connectivity index (χ1) is 14.7. The second-order valence-corrected chi connectivity index (χ2v) is 9.75. The normalized spacial score (nSPS) is 16.9. The summed E-state index contributed by atoms with van der Waals surface area (Å²) in [6.45, 7) is 12.9. The van der Waals surface area contributed by atoms with Crippen LogP contribution in [0.25, 0.3) is 0 Å². The molecule has 31 heavy (non-hydrogen) atoms. The molecule has 2 rings (SSSR count). The van der Waals surface area contributed by atoms with Gasteiger partial charge in [0.25, 0.3) is 0 Å². The molecule has 1 saturated heterocycles. The van der Waals surface area contributed by atoms with Crippen LogP contribution in [0, 0.1) is 11.3 Å². The minimum Gasteiger partial charge on any atom is -0.355 e. The fourth-order valence-electron chi connectivity index (χ4n) is 4.66. The van der Waals surface area contributed by atoms with E-state index in [9.17, 15) is 9.59 Å². The Morgan fingerprint density at radius 2 is 1.68 bits per heavy atom. The SMILES string of the molecule is CCN(CC)C(=O)[C@@H](c1ccccc1)N1CCC(C(=O)NCC(C)(C)CN(C)C)CC1. The van der Waals surface area contributed by atoms with E-state index in [0.29, 0.717) is 19.6 Å². The van der Waals surface area contributed by atoms with Crippen LogP contribution < -0.4 is 5.32 Å². The van der Waals surface area contributed by atoms with E-state index in [2.05, 4.69) is 43.1 Å². The van der Waals surface area contributed by atoms with Gasteiger partial charge in [0.05, 0.1) is 0 Å². The summed E-state index contributed by atoms with van der Waals surface area (Å²) >= 11 is 0. The van der Waals surface area contributed by atoms with Crippen molar-refractivity contribution in [3.8, 4) is 0 Å². The van der Waals surface area contributed by atoms with Crippen LogP contribution in [-0.4, -0.2) is 79.9 Å². The number of carbonyl (C=O) groups is 2. The van der Waals surface area contributed by atoms with Gasteiger partial charge >= 0.3 is 0 Å².